The summed E-state index contributed by atoms with van der Waals surface area (Å²) in [6.07, 6.45) is -10.9. The molecule has 4 nitrogen and oxygen atoms in total. The van der Waals surface area contributed by atoms with Crippen LogP contribution in [0.15, 0.2) is 42.5 Å². The number of nitrogens with one attached hydrogen (secondary N) is 1. The Kier molecular flexibility index (Phi) is 6.19. The molecule has 0 aliphatic carbocycles. The highest BCUT2D eigenvalue weighted by molar-refractivity contribution is 5.97. The number of carbonyl (C=O) groups excluding carboxylic acids is 1. The quantitative estimate of drug-likeness (QED) is 0.706. The number of alkyl halides is 6. The van der Waals surface area contributed by atoms with Crippen molar-refractivity contribution in [1.29, 1.82) is 0 Å². The molecule has 0 fully saturated rings. The number of rotatable bonds is 5. The standard InChI is InChI=1S/C18H12F7NO3/c19-13-4-2-1-3-9(13)7-14(16(28)29)26-15(27)10-5-11(17(20,21)22)8-12(6-10)18(23,24)25/h1-6,8,14H,7H2,(H,26,27)(H,28,29)/t14-/m1/s1. The van der Waals surface area contributed by atoms with E-state index in [2.05, 4.69) is 0 Å². The van der Waals surface area contributed by atoms with Crippen molar-refractivity contribution in [2.75, 3.05) is 0 Å². The van der Waals surface area contributed by atoms with Gasteiger partial charge in [0, 0.05) is 12.0 Å². The van der Waals surface area contributed by atoms with Gasteiger partial charge in [0.05, 0.1) is 11.1 Å². The Morgan fingerprint density at radius 2 is 1.45 bits per heavy atom. The number of hydrogen-bond acceptors (Lipinski definition) is 2. The third-order valence-electron chi connectivity index (χ3n) is 3.84. The summed E-state index contributed by atoms with van der Waals surface area (Å²) in [6.45, 7) is 0. The van der Waals surface area contributed by atoms with Crippen molar-refractivity contribution >= 4 is 11.9 Å². The van der Waals surface area contributed by atoms with Gasteiger partial charge in [0.25, 0.3) is 5.91 Å². The van der Waals surface area contributed by atoms with Crippen LogP contribution in [0.4, 0.5) is 30.7 Å². The maximum atomic E-state index is 13.7. The summed E-state index contributed by atoms with van der Waals surface area (Å²) in [7, 11) is 0. The van der Waals surface area contributed by atoms with Gasteiger partial charge in [-0.1, -0.05) is 18.2 Å². The zero-order valence-electron chi connectivity index (χ0n) is 14.2. The highest BCUT2D eigenvalue weighted by atomic mass is 19.4. The smallest absolute Gasteiger partial charge is 0.416 e. The van der Waals surface area contributed by atoms with Gasteiger partial charge in [-0.2, -0.15) is 26.3 Å². The summed E-state index contributed by atoms with van der Waals surface area (Å²) >= 11 is 0. The largest absolute Gasteiger partial charge is 0.480 e. The average Bonchev–Trinajstić information content (AvgIpc) is 2.60. The van der Waals surface area contributed by atoms with Crippen LogP contribution in [0.2, 0.25) is 0 Å². The Labute approximate surface area is 159 Å². The highest BCUT2D eigenvalue weighted by Crippen LogP contribution is 2.36. The van der Waals surface area contributed by atoms with Crippen molar-refractivity contribution in [2.24, 2.45) is 0 Å². The van der Waals surface area contributed by atoms with Crippen molar-refractivity contribution in [3.8, 4) is 0 Å². The summed E-state index contributed by atoms with van der Waals surface area (Å²) in [5, 5.41) is 11.0. The number of aliphatic carboxylic acids is 1. The van der Waals surface area contributed by atoms with Gasteiger partial charge in [-0.25, -0.2) is 9.18 Å². The molecule has 0 aliphatic rings. The van der Waals surface area contributed by atoms with Gasteiger partial charge in [0.1, 0.15) is 11.9 Å². The predicted octanol–water partition coefficient (Wildman–Crippen LogP) is 4.29. The van der Waals surface area contributed by atoms with Crippen LogP contribution in [0.3, 0.4) is 0 Å². The first-order chi connectivity index (χ1) is 13.3. The minimum absolute atomic E-state index is 0.111. The molecule has 2 aromatic rings. The second kappa shape index (κ2) is 8.10. The van der Waals surface area contributed by atoms with Crippen LogP contribution in [-0.4, -0.2) is 23.0 Å². The van der Waals surface area contributed by atoms with E-state index in [0.717, 1.165) is 6.07 Å². The lowest BCUT2D eigenvalue weighted by atomic mass is 10.0. The van der Waals surface area contributed by atoms with Crippen molar-refractivity contribution in [1.82, 2.24) is 5.32 Å². The van der Waals surface area contributed by atoms with Gasteiger partial charge in [-0.15, -0.1) is 0 Å². The number of benzene rings is 2. The fourth-order valence-corrected chi connectivity index (χ4v) is 2.41. The van der Waals surface area contributed by atoms with Crippen molar-refractivity contribution in [3.05, 3.63) is 70.5 Å². The van der Waals surface area contributed by atoms with Gasteiger partial charge >= 0.3 is 18.3 Å². The minimum atomic E-state index is -5.17. The number of carboxylic acid groups (broad SMARTS) is 1. The molecule has 0 unspecified atom stereocenters. The normalized spacial score (nSPS) is 13.1. The molecule has 0 radical (unpaired) electrons. The van der Waals surface area contributed by atoms with Crippen molar-refractivity contribution < 1.29 is 45.4 Å². The lowest BCUT2D eigenvalue weighted by Crippen LogP contribution is -2.42. The van der Waals surface area contributed by atoms with Crippen LogP contribution in [0.5, 0.6) is 0 Å². The summed E-state index contributed by atoms with van der Waals surface area (Å²) in [6, 6.07) is 3.37. The Hall–Kier alpha value is -3.11. The lowest BCUT2D eigenvalue weighted by Gasteiger charge is -2.17. The zero-order chi connectivity index (χ0) is 22.0. The number of halogens is 7. The van der Waals surface area contributed by atoms with E-state index in [1.54, 1.807) is 0 Å². The second-order valence-electron chi connectivity index (χ2n) is 5.95. The molecule has 1 amide bonds. The van der Waals surface area contributed by atoms with Crippen molar-refractivity contribution in [3.63, 3.8) is 0 Å². The van der Waals surface area contributed by atoms with Crippen LogP contribution < -0.4 is 5.32 Å². The number of carbonyl (C=O) groups is 2. The highest BCUT2D eigenvalue weighted by Gasteiger charge is 2.37. The Bertz CT molecular complexity index is 890. The third-order valence-corrected chi connectivity index (χ3v) is 3.84. The minimum Gasteiger partial charge on any atom is -0.480 e. The molecule has 0 aliphatic heterocycles. The molecule has 2 aromatic carbocycles. The van der Waals surface area contributed by atoms with Crippen LogP contribution in [0.25, 0.3) is 0 Å². The SMILES string of the molecule is O=C(N[C@H](Cc1ccccc1F)C(=O)O)c1cc(C(F)(F)F)cc(C(F)(F)F)c1. The Morgan fingerprint density at radius 3 is 1.90 bits per heavy atom. The van der Waals surface area contributed by atoms with E-state index in [9.17, 15) is 45.4 Å². The van der Waals surface area contributed by atoms with Crippen LogP contribution in [0.1, 0.15) is 27.0 Å². The van der Waals surface area contributed by atoms with E-state index in [1.807, 2.05) is 5.32 Å². The van der Waals surface area contributed by atoms with E-state index in [-0.39, 0.29) is 23.8 Å². The first-order valence-corrected chi connectivity index (χ1v) is 7.85. The lowest BCUT2D eigenvalue weighted by molar-refractivity contribution is -0.143. The molecular weight excluding hydrogens is 411 g/mol. The number of carboxylic acids is 1. The fourth-order valence-electron chi connectivity index (χ4n) is 2.41. The van der Waals surface area contributed by atoms with Gasteiger partial charge in [-0.05, 0) is 29.8 Å². The predicted molar refractivity (Wildman–Crippen MR) is 85.4 cm³/mol. The first-order valence-electron chi connectivity index (χ1n) is 7.85. The van der Waals surface area contributed by atoms with Crippen LogP contribution in [0, 0.1) is 5.82 Å². The van der Waals surface area contributed by atoms with Crippen LogP contribution >= 0.6 is 0 Å². The van der Waals surface area contributed by atoms with E-state index in [0.29, 0.717) is 0 Å². The molecule has 11 heteroatoms. The summed E-state index contributed by atoms with van der Waals surface area (Å²) in [4.78, 5) is 23.5. The molecule has 156 valence electrons. The summed E-state index contributed by atoms with van der Waals surface area (Å²) in [5.74, 6) is -3.92. The molecule has 0 saturated heterocycles. The number of amides is 1. The summed E-state index contributed by atoms with van der Waals surface area (Å²) < 4.78 is 91.0. The fraction of sp³-hybridized carbons (Fsp3) is 0.222. The Balaban J connectivity index is 2.36. The van der Waals surface area contributed by atoms with E-state index in [4.69, 9.17) is 0 Å². The molecule has 29 heavy (non-hydrogen) atoms. The topological polar surface area (TPSA) is 66.4 Å². The average molecular weight is 423 g/mol. The van der Waals surface area contributed by atoms with Crippen molar-refractivity contribution in [2.45, 2.75) is 24.8 Å². The van der Waals surface area contributed by atoms with E-state index >= 15 is 0 Å². The monoisotopic (exact) mass is 423 g/mol. The molecule has 0 bridgehead atoms. The maximum Gasteiger partial charge on any atom is 0.416 e. The van der Waals surface area contributed by atoms with Gasteiger partial charge in [0.2, 0.25) is 0 Å². The first kappa shape index (κ1) is 22.2. The molecular formula is C18H12F7NO3. The molecule has 2 N–H and O–H groups in total. The van der Waals surface area contributed by atoms with E-state index in [1.165, 1.54) is 18.2 Å². The van der Waals surface area contributed by atoms with E-state index < -0.39 is 59.2 Å². The molecule has 0 heterocycles. The second-order valence-corrected chi connectivity index (χ2v) is 5.95. The van der Waals surface area contributed by atoms with Gasteiger partial charge < -0.3 is 10.4 Å². The molecule has 0 aromatic heterocycles. The summed E-state index contributed by atoms with van der Waals surface area (Å²) in [5.41, 5.74) is -4.59. The zero-order valence-corrected chi connectivity index (χ0v) is 14.2. The molecule has 0 spiro atoms. The van der Waals surface area contributed by atoms with Gasteiger partial charge in [0.15, 0.2) is 0 Å². The maximum absolute atomic E-state index is 13.7. The van der Waals surface area contributed by atoms with Crippen LogP contribution in [-0.2, 0) is 23.6 Å². The molecule has 1 atom stereocenters. The Morgan fingerprint density at radius 1 is 0.931 bits per heavy atom. The molecule has 2 rings (SSSR count). The number of hydrogen-bond donors (Lipinski definition) is 2. The third kappa shape index (κ3) is 5.69. The molecule has 0 saturated carbocycles. The van der Waals surface area contributed by atoms with Gasteiger partial charge in [-0.3, -0.25) is 4.79 Å².